The van der Waals surface area contributed by atoms with Gasteiger partial charge in [-0.25, -0.2) is 9.97 Å². The Labute approximate surface area is 157 Å². The molecule has 5 nitrogen and oxygen atoms in total. The fraction of sp³-hybridized carbons (Fsp3) is 0.273. The summed E-state index contributed by atoms with van der Waals surface area (Å²) in [5.41, 5.74) is 2.12. The number of hydrogen-bond donors (Lipinski definition) is 0. The molecule has 1 aliphatic heterocycles. The number of carbonyl (C=O) groups excluding carboxylic acids is 1. The number of nitrogens with zero attached hydrogens (tertiary/aromatic N) is 3. The second kappa shape index (κ2) is 7.27. The molecule has 0 aliphatic carbocycles. The molecule has 5 heteroatoms. The van der Waals surface area contributed by atoms with E-state index in [9.17, 15) is 9.59 Å². The van der Waals surface area contributed by atoms with E-state index in [0.717, 1.165) is 12.0 Å². The first-order chi connectivity index (χ1) is 13.2. The van der Waals surface area contributed by atoms with E-state index >= 15 is 0 Å². The van der Waals surface area contributed by atoms with Crippen molar-refractivity contribution >= 4 is 22.9 Å². The lowest BCUT2D eigenvalue weighted by atomic mass is 10.1. The second-order valence-electron chi connectivity index (χ2n) is 6.81. The first-order valence-electron chi connectivity index (χ1n) is 9.44. The second-order valence-corrected chi connectivity index (χ2v) is 6.81. The maximum Gasteiger partial charge on any atom is 0.267 e. The van der Waals surface area contributed by atoms with Crippen molar-refractivity contribution in [2.24, 2.45) is 0 Å². The van der Waals surface area contributed by atoms with E-state index in [2.05, 4.69) is 23.0 Å². The van der Waals surface area contributed by atoms with Gasteiger partial charge in [-0.15, -0.1) is 0 Å². The van der Waals surface area contributed by atoms with Crippen molar-refractivity contribution < 1.29 is 4.79 Å². The molecule has 0 atom stereocenters. The fourth-order valence-corrected chi connectivity index (χ4v) is 3.46. The molecule has 0 amide bonds. The summed E-state index contributed by atoms with van der Waals surface area (Å²) in [5.74, 6) is -0.0882. The van der Waals surface area contributed by atoms with E-state index in [-0.39, 0.29) is 17.2 Å². The zero-order chi connectivity index (χ0) is 18.8. The minimum absolute atomic E-state index is 0.141. The van der Waals surface area contributed by atoms with Crippen LogP contribution in [0.2, 0.25) is 0 Å². The Morgan fingerprint density at radius 3 is 2.85 bits per heavy atom. The van der Waals surface area contributed by atoms with Crippen molar-refractivity contribution in [3.8, 4) is 5.69 Å². The monoisotopic (exact) mass is 359 g/mol. The topological polar surface area (TPSA) is 64.8 Å². The van der Waals surface area contributed by atoms with Gasteiger partial charge in [0.25, 0.3) is 5.56 Å². The minimum Gasteiger partial charge on any atom is -0.285 e. The Morgan fingerprint density at radius 1 is 1.11 bits per heavy atom. The number of aromatic nitrogens is 3. The number of carbonyl (C=O) groups is 1. The lowest BCUT2D eigenvalue weighted by Crippen LogP contribution is -2.21. The van der Waals surface area contributed by atoms with Gasteiger partial charge < -0.3 is 0 Å². The van der Waals surface area contributed by atoms with Gasteiger partial charge in [0, 0.05) is 6.20 Å². The zero-order valence-corrected chi connectivity index (χ0v) is 15.3. The van der Waals surface area contributed by atoms with Gasteiger partial charge >= 0.3 is 0 Å². The van der Waals surface area contributed by atoms with Gasteiger partial charge in [-0.05, 0) is 42.7 Å². The first-order valence-corrected chi connectivity index (χ1v) is 9.44. The zero-order valence-electron chi connectivity index (χ0n) is 15.3. The summed E-state index contributed by atoms with van der Waals surface area (Å²) >= 11 is 0. The molecule has 0 spiro atoms. The molecule has 136 valence electrons. The fourth-order valence-electron chi connectivity index (χ4n) is 3.46. The molecule has 0 saturated carbocycles. The lowest BCUT2D eigenvalue weighted by Gasteiger charge is -2.05. The molecule has 0 saturated heterocycles. The van der Waals surface area contributed by atoms with E-state index in [1.54, 1.807) is 18.3 Å². The molecule has 0 N–H and O–H groups in total. The number of rotatable bonds is 6. The van der Waals surface area contributed by atoms with Crippen LogP contribution in [0.3, 0.4) is 0 Å². The predicted octanol–water partition coefficient (Wildman–Crippen LogP) is 4.31. The summed E-state index contributed by atoms with van der Waals surface area (Å²) in [6.07, 6.45) is 11.7. The third-order valence-corrected chi connectivity index (χ3v) is 4.89. The standard InChI is InChI=1S/C22H21N3O2/c1-2-3-4-5-6-7-9-15-11-12-18-17(14-15)19(26)21-24-20-16(10-8-13-23-20)22(27)25(18)21/h7-14H,2-6H2,1H3/b9-7+. The molecule has 1 aromatic carbocycles. The minimum atomic E-state index is -0.255. The van der Waals surface area contributed by atoms with Crippen LogP contribution in [0.5, 0.6) is 0 Å². The highest BCUT2D eigenvalue weighted by Gasteiger charge is 2.30. The lowest BCUT2D eigenvalue weighted by molar-refractivity contribution is 0.103. The van der Waals surface area contributed by atoms with Crippen LogP contribution in [-0.4, -0.2) is 20.3 Å². The number of ketones is 1. The van der Waals surface area contributed by atoms with Crippen LogP contribution in [0.15, 0.2) is 47.4 Å². The Balaban J connectivity index is 1.66. The van der Waals surface area contributed by atoms with Crippen molar-refractivity contribution in [1.82, 2.24) is 14.5 Å². The number of fused-ring (bicyclic) bond motifs is 4. The number of pyridine rings is 1. The summed E-state index contributed by atoms with van der Waals surface area (Å²) in [7, 11) is 0. The average Bonchev–Trinajstić information content (AvgIpc) is 2.97. The summed E-state index contributed by atoms with van der Waals surface area (Å²) in [5, 5.41) is 0.415. The van der Waals surface area contributed by atoms with Crippen molar-refractivity contribution in [2.45, 2.75) is 39.0 Å². The van der Waals surface area contributed by atoms with Crippen LogP contribution < -0.4 is 5.56 Å². The van der Waals surface area contributed by atoms with Gasteiger partial charge in [0.2, 0.25) is 5.78 Å². The van der Waals surface area contributed by atoms with Crippen LogP contribution in [0, 0.1) is 0 Å². The Kier molecular flexibility index (Phi) is 4.67. The highest BCUT2D eigenvalue weighted by atomic mass is 16.1. The molecule has 0 fully saturated rings. The SMILES string of the molecule is CCCCCC/C=C/c1ccc2c(c1)C(=O)c1nc3ncccc3c(=O)n1-2. The van der Waals surface area contributed by atoms with Gasteiger partial charge in [0.1, 0.15) is 0 Å². The van der Waals surface area contributed by atoms with Crippen LogP contribution in [0.1, 0.15) is 60.8 Å². The molecule has 0 bridgehead atoms. The number of hydrogen-bond acceptors (Lipinski definition) is 4. The third kappa shape index (κ3) is 3.10. The Bertz CT molecular complexity index is 1110. The van der Waals surface area contributed by atoms with Gasteiger partial charge in [0.15, 0.2) is 11.5 Å². The van der Waals surface area contributed by atoms with E-state index in [0.29, 0.717) is 22.3 Å². The summed E-state index contributed by atoms with van der Waals surface area (Å²) in [6, 6.07) is 8.98. The molecule has 3 heterocycles. The third-order valence-electron chi connectivity index (χ3n) is 4.89. The molecule has 4 rings (SSSR count). The van der Waals surface area contributed by atoms with E-state index in [1.165, 1.54) is 30.3 Å². The Morgan fingerprint density at radius 2 is 2.00 bits per heavy atom. The largest absolute Gasteiger partial charge is 0.285 e. The van der Waals surface area contributed by atoms with Gasteiger partial charge in [-0.1, -0.05) is 44.4 Å². The molecular formula is C22H21N3O2. The molecule has 3 aromatic rings. The molecule has 0 radical (unpaired) electrons. The summed E-state index contributed by atoms with van der Waals surface area (Å²) < 4.78 is 1.40. The van der Waals surface area contributed by atoms with Gasteiger partial charge in [-0.3, -0.25) is 14.2 Å². The smallest absolute Gasteiger partial charge is 0.267 e. The van der Waals surface area contributed by atoms with Gasteiger partial charge in [0.05, 0.1) is 16.6 Å². The quantitative estimate of drug-likeness (QED) is 0.481. The van der Waals surface area contributed by atoms with Crippen LogP contribution in [-0.2, 0) is 0 Å². The van der Waals surface area contributed by atoms with Crippen molar-refractivity contribution in [2.75, 3.05) is 0 Å². The predicted molar refractivity (Wildman–Crippen MR) is 106 cm³/mol. The van der Waals surface area contributed by atoms with Crippen LogP contribution in [0.25, 0.3) is 22.8 Å². The van der Waals surface area contributed by atoms with E-state index in [1.807, 2.05) is 24.3 Å². The maximum absolute atomic E-state index is 12.8. The van der Waals surface area contributed by atoms with Crippen molar-refractivity contribution in [3.05, 3.63) is 69.9 Å². The molecule has 27 heavy (non-hydrogen) atoms. The number of benzene rings is 1. The number of unbranched alkanes of at least 4 members (excludes halogenated alkanes) is 4. The molecule has 1 aliphatic rings. The highest BCUT2D eigenvalue weighted by molar-refractivity contribution is 6.13. The molecule has 0 unspecified atom stereocenters. The molecular weight excluding hydrogens is 338 g/mol. The average molecular weight is 359 g/mol. The normalized spacial score (nSPS) is 12.7. The summed E-state index contributed by atoms with van der Waals surface area (Å²) in [6.45, 7) is 2.20. The molecule has 2 aromatic heterocycles. The first kappa shape index (κ1) is 17.3. The van der Waals surface area contributed by atoms with Gasteiger partial charge in [-0.2, -0.15) is 0 Å². The Hall–Kier alpha value is -3.08. The van der Waals surface area contributed by atoms with E-state index in [4.69, 9.17) is 0 Å². The van der Waals surface area contributed by atoms with Crippen molar-refractivity contribution in [1.29, 1.82) is 0 Å². The maximum atomic E-state index is 12.8. The van der Waals surface area contributed by atoms with Crippen LogP contribution in [0.4, 0.5) is 0 Å². The summed E-state index contributed by atoms with van der Waals surface area (Å²) in [4.78, 5) is 34.1. The number of allylic oxidation sites excluding steroid dienone is 1. The van der Waals surface area contributed by atoms with Crippen LogP contribution >= 0.6 is 0 Å². The van der Waals surface area contributed by atoms with E-state index < -0.39 is 0 Å². The highest BCUT2D eigenvalue weighted by Crippen LogP contribution is 2.27. The van der Waals surface area contributed by atoms with Crippen molar-refractivity contribution in [3.63, 3.8) is 0 Å².